The monoisotopic (exact) mass is 336 g/mol. The van der Waals surface area contributed by atoms with Crippen LogP contribution in [0, 0.1) is 13.8 Å². The largest absolute Gasteiger partial charge is 0.342 e. The molecule has 0 aliphatic carbocycles. The Balaban J connectivity index is 1.70. The molecule has 0 bridgehead atoms. The Bertz CT molecular complexity index is 692. The molecular weight excluding hydrogens is 316 g/mol. The van der Waals surface area contributed by atoms with Gasteiger partial charge in [0.15, 0.2) is 0 Å². The van der Waals surface area contributed by atoms with Gasteiger partial charge < -0.3 is 10.6 Å². The van der Waals surface area contributed by atoms with Crippen molar-refractivity contribution in [2.24, 2.45) is 5.73 Å². The molecule has 3 heterocycles. The van der Waals surface area contributed by atoms with Gasteiger partial charge in [0.05, 0.1) is 5.75 Å². The third-order valence-corrected chi connectivity index (χ3v) is 6.24. The van der Waals surface area contributed by atoms with Gasteiger partial charge in [-0.3, -0.25) is 4.79 Å². The van der Waals surface area contributed by atoms with E-state index in [1.165, 1.54) is 22.2 Å². The second-order valence-corrected chi connectivity index (χ2v) is 7.82. The maximum absolute atomic E-state index is 12.3. The second kappa shape index (κ2) is 6.52. The van der Waals surface area contributed by atoms with E-state index in [1.54, 1.807) is 17.7 Å². The number of likely N-dealkylation sites (tertiary alicyclic amines) is 1. The van der Waals surface area contributed by atoms with Crippen LogP contribution in [0.4, 0.5) is 0 Å². The van der Waals surface area contributed by atoms with Crippen molar-refractivity contribution in [1.82, 2.24) is 14.9 Å². The number of hydrogen-bond donors (Lipinski definition) is 1. The zero-order chi connectivity index (χ0) is 15.7. The number of piperidine rings is 1. The Morgan fingerprint density at radius 2 is 2.14 bits per heavy atom. The molecule has 2 aromatic heterocycles. The van der Waals surface area contributed by atoms with Crippen molar-refractivity contribution >= 4 is 39.2 Å². The van der Waals surface area contributed by atoms with Gasteiger partial charge in [0, 0.05) is 29.4 Å². The molecule has 1 aliphatic rings. The first-order chi connectivity index (χ1) is 10.6. The van der Waals surface area contributed by atoms with Crippen molar-refractivity contribution in [2.45, 2.75) is 37.8 Å². The van der Waals surface area contributed by atoms with E-state index < -0.39 is 0 Å². The van der Waals surface area contributed by atoms with Gasteiger partial charge in [0.2, 0.25) is 5.91 Å². The molecule has 5 nitrogen and oxygen atoms in total. The van der Waals surface area contributed by atoms with Crippen LogP contribution in [0.15, 0.2) is 11.4 Å². The Morgan fingerprint density at radius 1 is 1.41 bits per heavy atom. The molecule has 0 aromatic carbocycles. The summed E-state index contributed by atoms with van der Waals surface area (Å²) < 4.78 is 0. The Hall–Kier alpha value is -1.18. The highest BCUT2D eigenvalue weighted by atomic mass is 32.2. The average Bonchev–Trinajstić information content (AvgIpc) is 2.81. The first-order valence-corrected chi connectivity index (χ1v) is 9.23. The van der Waals surface area contributed by atoms with E-state index in [2.05, 4.69) is 23.8 Å². The van der Waals surface area contributed by atoms with Crippen molar-refractivity contribution in [3.8, 4) is 0 Å². The third kappa shape index (κ3) is 3.11. The maximum Gasteiger partial charge on any atom is 0.232 e. The number of thiophene rings is 1. The van der Waals surface area contributed by atoms with Gasteiger partial charge >= 0.3 is 0 Å². The number of fused-ring (bicyclic) bond motifs is 1. The number of nitrogens with two attached hydrogens (primary N) is 1. The summed E-state index contributed by atoms with van der Waals surface area (Å²) in [5.41, 5.74) is 7.11. The zero-order valence-electron chi connectivity index (χ0n) is 12.8. The van der Waals surface area contributed by atoms with Crippen LogP contribution in [0.1, 0.15) is 23.3 Å². The summed E-state index contributed by atoms with van der Waals surface area (Å²) in [6, 6.07) is 0.245. The first kappa shape index (κ1) is 15.7. The van der Waals surface area contributed by atoms with E-state index in [0.717, 1.165) is 41.2 Å². The van der Waals surface area contributed by atoms with Crippen molar-refractivity contribution in [2.75, 3.05) is 18.8 Å². The summed E-state index contributed by atoms with van der Waals surface area (Å²) in [6.45, 7) is 5.74. The lowest BCUT2D eigenvalue weighted by atomic mass is 10.1. The molecule has 1 aliphatic heterocycles. The molecule has 3 rings (SSSR count). The third-order valence-electron chi connectivity index (χ3n) is 4.16. The van der Waals surface area contributed by atoms with Crippen LogP contribution in [0.25, 0.3) is 10.2 Å². The summed E-state index contributed by atoms with van der Waals surface area (Å²) >= 11 is 3.19. The molecule has 0 radical (unpaired) electrons. The van der Waals surface area contributed by atoms with Crippen molar-refractivity contribution in [3.05, 3.63) is 16.8 Å². The van der Waals surface area contributed by atoms with Crippen LogP contribution in [-0.4, -0.2) is 45.7 Å². The highest BCUT2D eigenvalue weighted by molar-refractivity contribution is 8.00. The highest BCUT2D eigenvalue weighted by Gasteiger charge is 2.21. The summed E-state index contributed by atoms with van der Waals surface area (Å²) in [6.07, 6.45) is 3.39. The number of rotatable bonds is 3. The van der Waals surface area contributed by atoms with E-state index >= 15 is 0 Å². The Morgan fingerprint density at radius 3 is 2.86 bits per heavy atom. The normalized spacial score (nSPS) is 16.4. The van der Waals surface area contributed by atoms with Gasteiger partial charge in [-0.15, -0.1) is 11.3 Å². The number of carbonyl (C=O) groups is 1. The average molecular weight is 336 g/mol. The van der Waals surface area contributed by atoms with Crippen molar-refractivity contribution < 1.29 is 4.79 Å². The molecule has 118 valence electrons. The van der Waals surface area contributed by atoms with E-state index in [4.69, 9.17) is 5.73 Å². The van der Waals surface area contributed by atoms with Crippen LogP contribution in [0.2, 0.25) is 0 Å². The quantitative estimate of drug-likeness (QED) is 0.688. The summed E-state index contributed by atoms with van der Waals surface area (Å²) in [7, 11) is 0. The summed E-state index contributed by atoms with van der Waals surface area (Å²) in [4.78, 5) is 25.2. The fourth-order valence-electron chi connectivity index (χ4n) is 2.63. The predicted molar refractivity (Wildman–Crippen MR) is 91.4 cm³/mol. The highest BCUT2D eigenvalue weighted by Crippen LogP contribution is 2.34. The Labute approximate surface area is 138 Å². The minimum atomic E-state index is 0.174. The SMILES string of the molecule is Cc1sc2ncnc(SCC(=O)N3CCC(N)CC3)c2c1C. The molecule has 1 fully saturated rings. The summed E-state index contributed by atoms with van der Waals surface area (Å²) in [5, 5.41) is 2.01. The lowest BCUT2D eigenvalue weighted by Crippen LogP contribution is -2.43. The van der Waals surface area contributed by atoms with Crippen LogP contribution >= 0.6 is 23.1 Å². The zero-order valence-corrected chi connectivity index (χ0v) is 14.5. The van der Waals surface area contributed by atoms with Gasteiger partial charge in [-0.1, -0.05) is 11.8 Å². The molecule has 0 unspecified atom stereocenters. The van der Waals surface area contributed by atoms with Gasteiger partial charge in [-0.25, -0.2) is 9.97 Å². The molecule has 7 heteroatoms. The smallest absolute Gasteiger partial charge is 0.232 e. The maximum atomic E-state index is 12.3. The first-order valence-electron chi connectivity index (χ1n) is 7.43. The topological polar surface area (TPSA) is 72.1 Å². The lowest BCUT2D eigenvalue weighted by Gasteiger charge is -2.30. The fourth-order valence-corrected chi connectivity index (χ4v) is 4.65. The van der Waals surface area contributed by atoms with Gasteiger partial charge in [-0.2, -0.15) is 0 Å². The van der Waals surface area contributed by atoms with E-state index in [0.29, 0.717) is 5.75 Å². The molecule has 2 N–H and O–H groups in total. The Kier molecular flexibility index (Phi) is 4.65. The van der Waals surface area contributed by atoms with Crippen molar-refractivity contribution in [3.63, 3.8) is 0 Å². The standard InChI is InChI=1S/C15H20N4OS2/c1-9-10(2)22-15-13(9)14(17-8-18-15)21-7-12(20)19-5-3-11(16)4-6-19/h8,11H,3-7,16H2,1-2H3. The molecule has 22 heavy (non-hydrogen) atoms. The van der Waals surface area contributed by atoms with Gasteiger partial charge in [0.1, 0.15) is 16.2 Å². The number of aryl methyl sites for hydroxylation is 2. The number of thioether (sulfide) groups is 1. The number of carbonyl (C=O) groups excluding carboxylic acids is 1. The number of nitrogens with zero attached hydrogens (tertiary/aromatic N) is 3. The van der Waals surface area contributed by atoms with Crippen LogP contribution in [-0.2, 0) is 4.79 Å². The second-order valence-electron chi connectivity index (χ2n) is 5.65. The van der Waals surface area contributed by atoms with Crippen LogP contribution in [0.3, 0.4) is 0 Å². The molecule has 0 spiro atoms. The predicted octanol–water partition coefficient (Wildman–Crippen LogP) is 2.35. The van der Waals surface area contributed by atoms with Crippen LogP contribution in [0.5, 0.6) is 0 Å². The van der Waals surface area contributed by atoms with Crippen molar-refractivity contribution in [1.29, 1.82) is 0 Å². The van der Waals surface area contributed by atoms with Gasteiger partial charge in [0.25, 0.3) is 0 Å². The number of aromatic nitrogens is 2. The fraction of sp³-hybridized carbons (Fsp3) is 0.533. The lowest BCUT2D eigenvalue weighted by molar-refractivity contribution is -0.129. The molecule has 1 amide bonds. The van der Waals surface area contributed by atoms with Crippen LogP contribution < -0.4 is 5.73 Å². The minimum absolute atomic E-state index is 0.174. The van der Waals surface area contributed by atoms with E-state index in [-0.39, 0.29) is 11.9 Å². The molecule has 0 atom stereocenters. The molecule has 2 aromatic rings. The molecule has 1 saturated heterocycles. The molecular formula is C15H20N4OS2. The summed E-state index contributed by atoms with van der Waals surface area (Å²) in [5.74, 6) is 0.601. The number of amides is 1. The van der Waals surface area contributed by atoms with Gasteiger partial charge in [-0.05, 0) is 32.3 Å². The number of hydrogen-bond acceptors (Lipinski definition) is 6. The molecule has 0 saturated carbocycles. The minimum Gasteiger partial charge on any atom is -0.342 e. The van der Waals surface area contributed by atoms with E-state index in [9.17, 15) is 4.79 Å². The van der Waals surface area contributed by atoms with E-state index in [1.807, 2.05) is 4.90 Å².